The van der Waals surface area contributed by atoms with Crippen molar-refractivity contribution in [1.82, 2.24) is 10.6 Å². The first kappa shape index (κ1) is 42.1. The van der Waals surface area contributed by atoms with Gasteiger partial charge < -0.3 is 20.4 Å². The Morgan fingerprint density at radius 2 is 1.26 bits per heavy atom. The minimum Gasteiger partial charge on any atom is -0.378 e. The van der Waals surface area contributed by atoms with Gasteiger partial charge in [-0.3, -0.25) is 9.59 Å². The molecule has 266 valence electrons. The van der Waals surface area contributed by atoms with Crippen molar-refractivity contribution in [2.75, 3.05) is 68.4 Å². The molecule has 0 unspecified atom stereocenters. The van der Waals surface area contributed by atoms with E-state index in [1.54, 1.807) is 21.6 Å². The van der Waals surface area contributed by atoms with Crippen LogP contribution in [0.2, 0.25) is 0 Å². The third kappa shape index (κ3) is 17.6. The van der Waals surface area contributed by atoms with Crippen molar-refractivity contribution in [3.05, 3.63) is 120 Å². The van der Waals surface area contributed by atoms with Crippen LogP contribution >= 0.6 is 37.5 Å². The van der Waals surface area contributed by atoms with E-state index in [2.05, 4.69) is 108 Å². The number of pyridine rings is 2. The largest absolute Gasteiger partial charge is 0.378 e. The number of anilines is 2. The van der Waals surface area contributed by atoms with Gasteiger partial charge in [0.25, 0.3) is 5.91 Å². The summed E-state index contributed by atoms with van der Waals surface area (Å²) in [5.41, 5.74) is 6.76. The molecule has 0 saturated heterocycles. The highest BCUT2D eigenvalue weighted by molar-refractivity contribution is 9.08. The van der Waals surface area contributed by atoms with Crippen molar-refractivity contribution in [3.8, 4) is 0 Å². The number of halogens is 1. The number of hydrogen-bond acceptors (Lipinski definition) is 6. The summed E-state index contributed by atoms with van der Waals surface area (Å²) in [4.78, 5) is 30.5. The van der Waals surface area contributed by atoms with E-state index >= 15 is 0 Å². The van der Waals surface area contributed by atoms with E-state index in [0.717, 1.165) is 34.1 Å². The first-order valence-electron chi connectivity index (χ1n) is 16.2. The number of nitrogens with zero attached hydrogens (tertiary/aromatic N) is 3. The predicted molar refractivity (Wildman–Crippen MR) is 220 cm³/mol. The van der Waals surface area contributed by atoms with Gasteiger partial charge in [-0.1, -0.05) is 61.8 Å². The summed E-state index contributed by atoms with van der Waals surface area (Å²) in [5.74, 6) is 3.47. The molecule has 11 heteroatoms. The topological polar surface area (TPSA) is 82.7 Å². The SMILES string of the molecule is CBr.CC(=O)NCCSSCCNC(=O)C[n+]1ccccc1/C=C/c1ccc(N(C)C)cc1.CN(C)c1ccc(/C=C/c2cccc[nH+]2)cc1. The highest BCUT2D eigenvalue weighted by atomic mass is 79.9. The van der Waals surface area contributed by atoms with Crippen LogP contribution in [0.5, 0.6) is 0 Å². The minimum atomic E-state index is -0.00923. The fraction of sp³-hybridized carbons (Fsp3) is 0.282. The first-order chi connectivity index (χ1) is 24.2. The molecule has 0 saturated carbocycles. The quantitative estimate of drug-likeness (QED) is 0.0614. The molecule has 0 radical (unpaired) electrons. The van der Waals surface area contributed by atoms with E-state index < -0.39 is 0 Å². The fourth-order valence-electron chi connectivity index (χ4n) is 4.26. The highest BCUT2D eigenvalue weighted by Crippen LogP contribution is 2.19. The molecule has 2 aromatic carbocycles. The number of H-pyrrole nitrogens is 1. The molecule has 50 heavy (non-hydrogen) atoms. The van der Waals surface area contributed by atoms with Gasteiger partial charge in [-0.15, -0.1) is 0 Å². The van der Waals surface area contributed by atoms with Gasteiger partial charge in [0, 0.05) is 108 Å². The van der Waals surface area contributed by atoms with Crippen LogP contribution in [0.1, 0.15) is 29.4 Å². The van der Waals surface area contributed by atoms with Crippen LogP contribution in [-0.4, -0.2) is 70.4 Å². The van der Waals surface area contributed by atoms with E-state index in [1.165, 1.54) is 18.2 Å². The molecular weight excluding hydrogens is 729 g/mol. The van der Waals surface area contributed by atoms with Crippen LogP contribution in [0.15, 0.2) is 97.3 Å². The lowest BCUT2D eigenvalue weighted by Crippen LogP contribution is -2.45. The molecule has 0 bridgehead atoms. The second-order valence-corrected chi connectivity index (χ2v) is 13.9. The lowest BCUT2D eigenvalue weighted by Gasteiger charge is -2.11. The predicted octanol–water partition coefficient (Wildman–Crippen LogP) is 6.59. The summed E-state index contributed by atoms with van der Waals surface area (Å²) in [5, 5.41) is 5.73. The Morgan fingerprint density at radius 1 is 0.720 bits per heavy atom. The van der Waals surface area contributed by atoms with Gasteiger partial charge in [-0.25, -0.2) is 4.98 Å². The number of benzene rings is 2. The third-order valence-corrected chi connectivity index (χ3v) is 9.30. The van der Waals surface area contributed by atoms with Crippen molar-refractivity contribution >= 4 is 85.0 Å². The Kier molecular flexibility index (Phi) is 21.0. The first-order valence-corrected chi connectivity index (χ1v) is 20.3. The van der Waals surface area contributed by atoms with Crippen LogP contribution in [-0.2, 0) is 16.1 Å². The zero-order valence-corrected chi connectivity index (χ0v) is 33.2. The average molecular weight is 780 g/mol. The van der Waals surface area contributed by atoms with Crippen LogP contribution in [0.25, 0.3) is 24.3 Å². The summed E-state index contributed by atoms with van der Waals surface area (Å²) in [6.45, 7) is 3.08. The lowest BCUT2D eigenvalue weighted by atomic mass is 10.1. The Balaban J connectivity index is 0.000000383. The minimum absolute atomic E-state index is 0.00674. The summed E-state index contributed by atoms with van der Waals surface area (Å²) in [6, 6.07) is 28.8. The monoisotopic (exact) mass is 778 g/mol. The smallest absolute Gasteiger partial charge is 0.286 e. The zero-order chi connectivity index (χ0) is 36.6. The molecule has 2 amide bonds. The molecular formula is C39H51BrN6O2S2+2. The van der Waals surface area contributed by atoms with E-state index in [1.807, 2.05) is 93.5 Å². The molecule has 2 heterocycles. The molecule has 4 aromatic rings. The molecule has 0 fully saturated rings. The maximum atomic E-state index is 12.3. The number of amides is 2. The van der Waals surface area contributed by atoms with Crippen LogP contribution in [0.4, 0.5) is 11.4 Å². The molecule has 0 atom stereocenters. The van der Waals surface area contributed by atoms with Crippen molar-refractivity contribution < 1.29 is 19.1 Å². The Morgan fingerprint density at radius 3 is 1.78 bits per heavy atom. The van der Waals surface area contributed by atoms with Gasteiger partial charge in [0.2, 0.25) is 23.8 Å². The lowest BCUT2D eigenvalue weighted by molar-refractivity contribution is -0.686. The van der Waals surface area contributed by atoms with E-state index in [-0.39, 0.29) is 18.4 Å². The van der Waals surface area contributed by atoms with E-state index in [9.17, 15) is 9.59 Å². The second-order valence-electron chi connectivity index (χ2n) is 11.2. The molecule has 0 aliphatic heterocycles. The van der Waals surface area contributed by atoms with E-state index in [4.69, 9.17) is 0 Å². The van der Waals surface area contributed by atoms with Gasteiger partial charge >= 0.3 is 0 Å². The van der Waals surface area contributed by atoms with E-state index in [0.29, 0.717) is 13.1 Å². The van der Waals surface area contributed by atoms with Crippen LogP contribution < -0.4 is 30.0 Å². The number of aromatic amines is 1. The Labute approximate surface area is 315 Å². The standard InChI is InChI=1S/C23H30N4O2S2.C15H16N2.CH3Br/c1-19(28)24-13-16-30-31-17-14-25-23(29)18-27-15-5-4-6-22(27)12-9-20-7-10-21(11-8-20)26(2)3;1-17(2)15-10-7-13(8-11-15)6-9-14-5-3-4-12-16-14;1-2/h4-12,15H,13-14,16-18H2,1-3H3,(H-,24,25,28,29);3-12H,1-2H3;1H3/p+2/b;9-6+;. The summed E-state index contributed by atoms with van der Waals surface area (Å²) < 4.78 is 1.94. The number of alkyl halides is 1. The van der Waals surface area contributed by atoms with Crippen LogP contribution in [0, 0.1) is 0 Å². The van der Waals surface area contributed by atoms with Crippen molar-refractivity contribution in [2.24, 2.45) is 0 Å². The fourth-order valence-corrected chi connectivity index (χ4v) is 6.07. The molecule has 0 aliphatic carbocycles. The number of carbonyl (C=O) groups is 2. The summed E-state index contributed by atoms with van der Waals surface area (Å²) in [7, 11) is 11.5. The van der Waals surface area contributed by atoms with Gasteiger partial charge in [-0.2, -0.15) is 4.57 Å². The van der Waals surface area contributed by atoms with Crippen molar-refractivity contribution in [1.29, 1.82) is 0 Å². The number of nitrogens with one attached hydrogen (secondary N) is 3. The normalized spacial score (nSPS) is 10.5. The second kappa shape index (κ2) is 25.0. The average Bonchev–Trinajstić information content (AvgIpc) is 3.13. The molecule has 2 aromatic heterocycles. The molecule has 4 rings (SSSR count). The summed E-state index contributed by atoms with van der Waals surface area (Å²) >= 11 is 2.94. The van der Waals surface area contributed by atoms with Gasteiger partial charge in [0.1, 0.15) is 0 Å². The van der Waals surface area contributed by atoms with Gasteiger partial charge in [0.15, 0.2) is 12.4 Å². The van der Waals surface area contributed by atoms with Crippen LogP contribution in [0.3, 0.4) is 0 Å². The number of rotatable bonds is 15. The van der Waals surface area contributed by atoms with Crippen molar-refractivity contribution in [3.63, 3.8) is 0 Å². The Hall–Kier alpha value is -4.06. The zero-order valence-electron chi connectivity index (χ0n) is 29.9. The Bertz CT molecular complexity index is 1600. The summed E-state index contributed by atoms with van der Waals surface area (Å²) in [6.07, 6.45) is 12.1. The maximum Gasteiger partial charge on any atom is 0.286 e. The highest BCUT2D eigenvalue weighted by Gasteiger charge is 2.12. The van der Waals surface area contributed by atoms with Crippen molar-refractivity contribution in [2.45, 2.75) is 13.5 Å². The molecule has 3 N–H and O–H groups in total. The molecule has 0 spiro atoms. The number of hydrogen-bond donors (Lipinski definition) is 2. The molecule has 8 nitrogen and oxygen atoms in total. The van der Waals surface area contributed by atoms with Gasteiger partial charge in [0.05, 0.1) is 0 Å². The van der Waals surface area contributed by atoms with Gasteiger partial charge in [-0.05, 0) is 65.5 Å². The number of aromatic nitrogens is 2. The number of carbonyl (C=O) groups excluding carboxylic acids is 2. The maximum absolute atomic E-state index is 12.3. The molecule has 0 aliphatic rings. The third-order valence-electron chi connectivity index (χ3n) is 6.89.